The Hall–Kier alpha value is -3.81. The third-order valence-corrected chi connectivity index (χ3v) is 6.83. The second-order valence-corrected chi connectivity index (χ2v) is 9.57. The van der Waals surface area contributed by atoms with Crippen molar-refractivity contribution in [2.75, 3.05) is 18.5 Å². The Labute approximate surface area is 221 Å². The summed E-state index contributed by atoms with van der Waals surface area (Å²) >= 11 is 0. The summed E-state index contributed by atoms with van der Waals surface area (Å²) in [5.74, 6) is 1.08. The van der Waals surface area contributed by atoms with E-state index in [2.05, 4.69) is 16.9 Å². The second kappa shape index (κ2) is 11.7. The average molecular weight is 524 g/mol. The first-order valence-electron chi connectivity index (χ1n) is 12.6. The normalized spacial score (nSPS) is 19.2. The van der Waals surface area contributed by atoms with Gasteiger partial charge in [-0.1, -0.05) is 43.0 Å². The van der Waals surface area contributed by atoms with E-state index >= 15 is 0 Å². The van der Waals surface area contributed by atoms with E-state index in [1.165, 1.54) is 0 Å². The van der Waals surface area contributed by atoms with E-state index in [1.54, 1.807) is 24.8 Å². The molecule has 8 heteroatoms. The monoisotopic (exact) mass is 523 g/mol. The summed E-state index contributed by atoms with van der Waals surface area (Å²) in [5, 5.41) is 3.07. The van der Waals surface area contributed by atoms with Gasteiger partial charge in [0, 0.05) is 37.8 Å². The van der Waals surface area contributed by atoms with Crippen LogP contribution in [0.25, 0.3) is 0 Å². The van der Waals surface area contributed by atoms with Gasteiger partial charge in [-0.05, 0) is 66.7 Å². The molecule has 200 valence electrons. The first kappa shape index (κ1) is 27.2. The third-order valence-electron chi connectivity index (χ3n) is 6.83. The minimum absolute atomic E-state index is 0.00804. The fraction of sp³-hybridized carbons (Fsp3) is 0.333. The average Bonchev–Trinajstić information content (AvgIpc) is 3.35. The van der Waals surface area contributed by atoms with Crippen LogP contribution in [-0.4, -0.2) is 36.0 Å². The Morgan fingerprint density at radius 2 is 1.95 bits per heavy atom. The maximum absolute atomic E-state index is 13.9. The first-order valence-corrected chi connectivity index (χ1v) is 12.6. The molecule has 1 atom stereocenters. The number of ether oxygens (including phenoxy) is 1. The molecule has 2 aliphatic heterocycles. The van der Waals surface area contributed by atoms with Crippen LogP contribution in [0.1, 0.15) is 49.3 Å². The van der Waals surface area contributed by atoms with Gasteiger partial charge in [-0.25, -0.2) is 4.99 Å². The molecule has 38 heavy (non-hydrogen) atoms. The fourth-order valence-corrected chi connectivity index (χ4v) is 4.76. The molecule has 1 saturated heterocycles. The van der Waals surface area contributed by atoms with E-state index in [4.69, 9.17) is 4.74 Å². The van der Waals surface area contributed by atoms with Crippen molar-refractivity contribution >= 4 is 17.4 Å². The summed E-state index contributed by atoms with van der Waals surface area (Å²) in [7, 11) is 0. The number of hydrogen-bond donors (Lipinski definition) is 1. The Kier molecular flexibility index (Phi) is 8.39. The summed E-state index contributed by atoms with van der Waals surface area (Å²) in [5.41, 5.74) is 3.04. The number of benzene rings is 2. The molecule has 5 nitrogen and oxygen atoms in total. The zero-order chi connectivity index (χ0) is 27.3. The molecule has 1 fully saturated rings. The quantitative estimate of drug-likeness (QED) is 0.255. The topological polar surface area (TPSA) is 53.9 Å². The Morgan fingerprint density at radius 3 is 2.66 bits per heavy atom. The second-order valence-electron chi connectivity index (χ2n) is 9.57. The molecule has 2 aromatic rings. The molecule has 1 N–H and O–H groups in total. The molecule has 2 aromatic carbocycles. The van der Waals surface area contributed by atoms with Crippen molar-refractivity contribution in [3.63, 3.8) is 0 Å². The summed E-state index contributed by atoms with van der Waals surface area (Å²) in [6.07, 6.45) is -0.546. The van der Waals surface area contributed by atoms with Gasteiger partial charge < -0.3 is 15.0 Å². The summed E-state index contributed by atoms with van der Waals surface area (Å²) in [6.45, 7) is 8.61. The number of halogens is 3. The number of alkyl halides is 3. The number of carbonyl (C=O) groups excluding carboxylic acids is 1. The largest absolute Gasteiger partial charge is 0.498 e. The van der Waals surface area contributed by atoms with Gasteiger partial charge >= 0.3 is 6.18 Å². The molecule has 0 bridgehead atoms. The molecule has 0 aromatic heterocycles. The van der Waals surface area contributed by atoms with Gasteiger partial charge in [-0.3, -0.25) is 4.79 Å². The minimum Gasteiger partial charge on any atom is -0.498 e. The summed E-state index contributed by atoms with van der Waals surface area (Å²) < 4.78 is 47.3. The molecule has 1 unspecified atom stereocenters. The van der Waals surface area contributed by atoms with Crippen molar-refractivity contribution in [1.82, 2.24) is 4.90 Å². The Bertz CT molecular complexity index is 1280. The van der Waals surface area contributed by atoms with Crippen LogP contribution in [-0.2, 0) is 22.5 Å². The summed E-state index contributed by atoms with van der Waals surface area (Å²) in [6, 6.07) is 15.5. The van der Waals surface area contributed by atoms with Crippen LogP contribution in [0.5, 0.6) is 0 Å². The SMILES string of the molecule is C=C(C/C=C1\OCCC1c1ccccc1)/C(=C\N=C(C)Nc1ccc2c(c1)CCN(C(C)=O)C2)C(F)(F)F. The number of nitrogens with one attached hydrogen (secondary N) is 1. The lowest BCUT2D eigenvalue weighted by Crippen LogP contribution is -2.34. The number of amides is 1. The molecule has 4 rings (SSSR count). The third kappa shape index (κ3) is 6.73. The number of allylic oxidation sites excluding steroid dienone is 4. The molecule has 0 aliphatic carbocycles. The van der Waals surface area contributed by atoms with Gasteiger partial charge in [0.1, 0.15) is 5.84 Å². The lowest BCUT2D eigenvalue weighted by Gasteiger charge is -2.28. The maximum atomic E-state index is 13.9. The highest BCUT2D eigenvalue weighted by atomic mass is 19.4. The van der Waals surface area contributed by atoms with E-state index in [9.17, 15) is 18.0 Å². The maximum Gasteiger partial charge on any atom is 0.418 e. The molecular weight excluding hydrogens is 491 g/mol. The molecule has 1 amide bonds. The number of nitrogens with zero attached hydrogens (tertiary/aromatic N) is 2. The van der Waals surface area contributed by atoms with Crippen molar-refractivity contribution in [2.45, 2.75) is 51.7 Å². The molecule has 2 aliphatic rings. The van der Waals surface area contributed by atoms with E-state index < -0.39 is 11.7 Å². The number of aliphatic imine (C=N–C) groups is 1. The molecule has 0 spiro atoms. The van der Waals surface area contributed by atoms with Crippen LogP contribution in [0.15, 0.2) is 89.3 Å². The molecule has 0 saturated carbocycles. The number of carbonyl (C=O) groups is 1. The van der Waals surface area contributed by atoms with Crippen LogP contribution < -0.4 is 5.32 Å². The lowest BCUT2D eigenvalue weighted by molar-refractivity contribution is -0.129. The number of hydrogen-bond acceptors (Lipinski definition) is 3. The predicted molar refractivity (Wildman–Crippen MR) is 144 cm³/mol. The number of rotatable bonds is 6. The van der Waals surface area contributed by atoms with Gasteiger partial charge in [0.05, 0.1) is 17.9 Å². The predicted octanol–water partition coefficient (Wildman–Crippen LogP) is 6.90. The molecular formula is C30H32F3N3O2. The standard InChI is InChI=1S/C30H32F3N3O2/c1-20(9-12-29-27(14-16-38-29)23-7-5-4-6-8-23)28(30(31,32)33)18-34-21(2)35-26-11-10-25-19-36(22(3)37)15-13-24(25)17-26/h4-8,10-12,17-18,27H,1,9,13-16,19H2,2-3H3,(H,34,35)/b28-18+,29-12-. The van der Waals surface area contributed by atoms with E-state index in [0.29, 0.717) is 31.3 Å². The number of fused-ring (bicyclic) bond motifs is 1. The highest BCUT2D eigenvalue weighted by Crippen LogP contribution is 2.37. The van der Waals surface area contributed by atoms with Gasteiger partial charge in [0.15, 0.2) is 0 Å². The minimum atomic E-state index is -4.59. The van der Waals surface area contributed by atoms with Crippen molar-refractivity contribution < 1.29 is 22.7 Å². The van der Waals surface area contributed by atoms with Gasteiger partial charge in [-0.15, -0.1) is 0 Å². The van der Waals surface area contributed by atoms with Crippen LogP contribution in [0.4, 0.5) is 18.9 Å². The van der Waals surface area contributed by atoms with E-state index in [0.717, 1.165) is 41.4 Å². The zero-order valence-electron chi connectivity index (χ0n) is 21.6. The van der Waals surface area contributed by atoms with Crippen molar-refractivity contribution in [2.24, 2.45) is 4.99 Å². The van der Waals surface area contributed by atoms with Gasteiger partial charge in [0.2, 0.25) is 5.91 Å². The van der Waals surface area contributed by atoms with E-state index in [-0.39, 0.29) is 23.8 Å². The van der Waals surface area contributed by atoms with Crippen LogP contribution in [0.3, 0.4) is 0 Å². The van der Waals surface area contributed by atoms with Gasteiger partial charge in [0.25, 0.3) is 0 Å². The van der Waals surface area contributed by atoms with Gasteiger partial charge in [-0.2, -0.15) is 13.2 Å². The fourth-order valence-electron chi connectivity index (χ4n) is 4.76. The zero-order valence-corrected chi connectivity index (χ0v) is 21.6. The Balaban J connectivity index is 1.45. The Morgan fingerprint density at radius 1 is 1.18 bits per heavy atom. The smallest absolute Gasteiger partial charge is 0.418 e. The first-order chi connectivity index (χ1) is 18.1. The van der Waals surface area contributed by atoms with Crippen molar-refractivity contribution in [3.05, 3.63) is 101 Å². The molecule has 2 heterocycles. The van der Waals surface area contributed by atoms with E-state index in [1.807, 2.05) is 48.5 Å². The number of amidine groups is 1. The lowest BCUT2D eigenvalue weighted by atomic mass is 9.94. The van der Waals surface area contributed by atoms with Crippen molar-refractivity contribution in [1.29, 1.82) is 0 Å². The van der Waals surface area contributed by atoms with Crippen LogP contribution in [0.2, 0.25) is 0 Å². The number of anilines is 1. The summed E-state index contributed by atoms with van der Waals surface area (Å²) in [4.78, 5) is 17.5. The highest BCUT2D eigenvalue weighted by Gasteiger charge is 2.35. The van der Waals surface area contributed by atoms with Crippen LogP contribution in [0, 0.1) is 0 Å². The van der Waals surface area contributed by atoms with Crippen LogP contribution >= 0.6 is 0 Å². The highest BCUT2D eigenvalue weighted by molar-refractivity contribution is 5.94. The van der Waals surface area contributed by atoms with Crippen molar-refractivity contribution in [3.8, 4) is 0 Å². The molecule has 0 radical (unpaired) electrons.